The summed E-state index contributed by atoms with van der Waals surface area (Å²) in [7, 11) is 2.02. The quantitative estimate of drug-likeness (QED) is 0.735. The van der Waals surface area contributed by atoms with Crippen molar-refractivity contribution in [1.29, 1.82) is 0 Å². The summed E-state index contributed by atoms with van der Waals surface area (Å²) < 4.78 is 0. The second-order valence-electron chi connectivity index (χ2n) is 3.91. The van der Waals surface area contributed by atoms with E-state index in [0.29, 0.717) is 0 Å². The third-order valence-corrected chi connectivity index (χ3v) is 2.84. The third kappa shape index (κ3) is 2.46. The minimum absolute atomic E-state index is 0.873. The molecular weight excluding hydrogens is 222 g/mol. The molecule has 0 unspecified atom stereocenters. The summed E-state index contributed by atoms with van der Waals surface area (Å²) in [6, 6.07) is 15.8. The summed E-state index contributed by atoms with van der Waals surface area (Å²) in [5.41, 5.74) is 3.94. The van der Waals surface area contributed by atoms with Gasteiger partial charge < -0.3 is 4.90 Å². The van der Waals surface area contributed by atoms with E-state index in [9.17, 15) is 0 Å². The van der Waals surface area contributed by atoms with Gasteiger partial charge in [0.1, 0.15) is 0 Å². The molecule has 2 aromatic carbocycles. The Morgan fingerprint density at radius 3 is 1.33 bits per heavy atom. The molecule has 0 fully saturated rings. The van der Waals surface area contributed by atoms with E-state index in [2.05, 4.69) is 28.3 Å². The van der Waals surface area contributed by atoms with Crippen molar-refractivity contribution in [3.63, 3.8) is 0 Å². The molecule has 0 saturated carbocycles. The van der Waals surface area contributed by atoms with E-state index in [1.807, 2.05) is 55.6 Å². The van der Waals surface area contributed by atoms with Crippen LogP contribution in [0.4, 0.5) is 22.7 Å². The molecule has 0 N–H and O–H groups in total. The Labute approximate surface area is 107 Å². The number of nitrogens with zero attached hydrogens (tertiary/aromatic N) is 3. The Morgan fingerprint density at radius 2 is 1.06 bits per heavy atom. The summed E-state index contributed by atoms with van der Waals surface area (Å²) in [6.07, 6.45) is 0. The number of hydrogen-bond acceptors (Lipinski definition) is 3. The highest BCUT2D eigenvalue weighted by Gasteiger charge is 2.03. The monoisotopic (exact) mass is 237 g/mol. The van der Waals surface area contributed by atoms with Gasteiger partial charge in [0.15, 0.2) is 0 Å². The van der Waals surface area contributed by atoms with Crippen LogP contribution in [0.5, 0.6) is 0 Å². The summed E-state index contributed by atoms with van der Waals surface area (Å²) in [5.74, 6) is 0. The molecule has 0 aromatic heterocycles. The summed E-state index contributed by atoms with van der Waals surface area (Å²) >= 11 is 0. The van der Waals surface area contributed by atoms with E-state index in [1.165, 1.54) is 0 Å². The van der Waals surface area contributed by atoms with Gasteiger partial charge in [-0.05, 0) is 62.0 Å². The molecule has 2 aromatic rings. The van der Waals surface area contributed by atoms with Crippen molar-refractivity contribution in [1.82, 2.24) is 0 Å². The molecule has 0 saturated heterocycles. The standard InChI is InChI=1S/C15H15N3/c1-16-12-4-8-14(9-5-12)18(3)15-10-6-13(17-2)7-11-15/h4-11H,1-2H2,3H3. The maximum absolute atomic E-state index is 3.88. The highest BCUT2D eigenvalue weighted by atomic mass is 15.1. The van der Waals surface area contributed by atoms with E-state index in [4.69, 9.17) is 0 Å². The first-order valence-corrected chi connectivity index (χ1v) is 5.62. The van der Waals surface area contributed by atoms with Crippen molar-refractivity contribution in [2.75, 3.05) is 11.9 Å². The van der Waals surface area contributed by atoms with Crippen LogP contribution in [0, 0.1) is 0 Å². The van der Waals surface area contributed by atoms with Crippen LogP contribution >= 0.6 is 0 Å². The minimum atomic E-state index is 0.873. The Kier molecular flexibility index (Phi) is 3.53. The normalized spacial score (nSPS) is 9.83. The lowest BCUT2D eigenvalue weighted by atomic mass is 10.2. The zero-order valence-corrected chi connectivity index (χ0v) is 10.4. The topological polar surface area (TPSA) is 28.0 Å². The van der Waals surface area contributed by atoms with Crippen LogP contribution in [-0.2, 0) is 0 Å². The molecule has 18 heavy (non-hydrogen) atoms. The molecule has 0 radical (unpaired) electrons. The predicted octanol–water partition coefficient (Wildman–Crippen LogP) is 4.12. The van der Waals surface area contributed by atoms with Crippen LogP contribution in [0.25, 0.3) is 0 Å². The van der Waals surface area contributed by atoms with Gasteiger partial charge in [-0.2, -0.15) is 0 Å². The van der Waals surface area contributed by atoms with Crippen molar-refractivity contribution in [3.05, 3.63) is 48.5 Å². The second kappa shape index (κ2) is 5.27. The number of rotatable bonds is 4. The summed E-state index contributed by atoms with van der Waals surface area (Å²) in [6.45, 7) is 7.01. The Hall–Kier alpha value is -2.42. The molecule has 2 rings (SSSR count). The van der Waals surface area contributed by atoms with Crippen LogP contribution in [0.2, 0.25) is 0 Å². The SMILES string of the molecule is C=Nc1ccc(N(C)c2ccc(N=C)cc2)cc1. The van der Waals surface area contributed by atoms with Crippen LogP contribution in [0.1, 0.15) is 0 Å². The average Bonchev–Trinajstić information content (AvgIpc) is 2.47. The summed E-state index contributed by atoms with van der Waals surface area (Å²) in [5, 5.41) is 0. The van der Waals surface area contributed by atoms with Crippen LogP contribution in [-0.4, -0.2) is 20.5 Å². The second-order valence-corrected chi connectivity index (χ2v) is 3.91. The van der Waals surface area contributed by atoms with Crippen molar-refractivity contribution in [2.24, 2.45) is 9.98 Å². The number of hydrogen-bond donors (Lipinski definition) is 0. The van der Waals surface area contributed by atoms with Crippen molar-refractivity contribution in [2.45, 2.75) is 0 Å². The van der Waals surface area contributed by atoms with Crippen molar-refractivity contribution >= 4 is 36.2 Å². The predicted molar refractivity (Wildman–Crippen MR) is 79.4 cm³/mol. The van der Waals surface area contributed by atoms with E-state index >= 15 is 0 Å². The third-order valence-electron chi connectivity index (χ3n) is 2.84. The van der Waals surface area contributed by atoms with Crippen LogP contribution < -0.4 is 4.90 Å². The molecule has 0 aliphatic heterocycles. The van der Waals surface area contributed by atoms with Gasteiger partial charge in [0.25, 0.3) is 0 Å². The fourth-order valence-corrected chi connectivity index (χ4v) is 1.71. The highest BCUT2D eigenvalue weighted by molar-refractivity contribution is 5.66. The molecular formula is C15H15N3. The van der Waals surface area contributed by atoms with Gasteiger partial charge in [-0.3, -0.25) is 9.98 Å². The fraction of sp³-hybridized carbons (Fsp3) is 0.0667. The number of anilines is 2. The molecule has 90 valence electrons. The van der Waals surface area contributed by atoms with Gasteiger partial charge in [-0.15, -0.1) is 0 Å². The van der Waals surface area contributed by atoms with Crippen molar-refractivity contribution < 1.29 is 0 Å². The lowest BCUT2D eigenvalue weighted by Gasteiger charge is -2.19. The first kappa shape index (κ1) is 12.0. The van der Waals surface area contributed by atoms with Crippen molar-refractivity contribution in [3.8, 4) is 0 Å². The first-order valence-electron chi connectivity index (χ1n) is 5.62. The van der Waals surface area contributed by atoms with E-state index < -0.39 is 0 Å². The zero-order valence-electron chi connectivity index (χ0n) is 10.4. The van der Waals surface area contributed by atoms with E-state index in [0.717, 1.165) is 22.7 Å². The van der Waals surface area contributed by atoms with Gasteiger partial charge in [0.2, 0.25) is 0 Å². The van der Waals surface area contributed by atoms with Gasteiger partial charge >= 0.3 is 0 Å². The number of benzene rings is 2. The maximum Gasteiger partial charge on any atom is 0.0623 e. The Bertz CT molecular complexity index is 489. The molecule has 3 heteroatoms. The van der Waals surface area contributed by atoms with Gasteiger partial charge in [0.05, 0.1) is 11.4 Å². The van der Waals surface area contributed by atoms with Gasteiger partial charge in [-0.25, -0.2) is 0 Å². The molecule has 0 amide bonds. The maximum atomic E-state index is 3.88. The molecule has 0 atom stereocenters. The fourth-order valence-electron chi connectivity index (χ4n) is 1.71. The van der Waals surface area contributed by atoms with E-state index in [1.54, 1.807) is 0 Å². The molecule has 0 spiro atoms. The minimum Gasteiger partial charge on any atom is -0.345 e. The lowest BCUT2D eigenvalue weighted by Crippen LogP contribution is -2.08. The number of aliphatic imine (C=N–C) groups is 2. The first-order chi connectivity index (χ1) is 8.74. The van der Waals surface area contributed by atoms with E-state index in [-0.39, 0.29) is 0 Å². The molecule has 3 nitrogen and oxygen atoms in total. The lowest BCUT2D eigenvalue weighted by molar-refractivity contribution is 1.21. The smallest absolute Gasteiger partial charge is 0.0623 e. The van der Waals surface area contributed by atoms with Gasteiger partial charge in [-0.1, -0.05) is 0 Å². The Balaban J connectivity index is 2.25. The zero-order chi connectivity index (χ0) is 13.0. The van der Waals surface area contributed by atoms with Crippen LogP contribution in [0.3, 0.4) is 0 Å². The Morgan fingerprint density at radius 1 is 0.722 bits per heavy atom. The largest absolute Gasteiger partial charge is 0.345 e. The molecule has 0 heterocycles. The average molecular weight is 237 g/mol. The summed E-state index contributed by atoms with van der Waals surface area (Å²) in [4.78, 5) is 9.85. The highest BCUT2D eigenvalue weighted by Crippen LogP contribution is 2.26. The molecule has 0 aliphatic carbocycles. The van der Waals surface area contributed by atoms with Crippen LogP contribution in [0.15, 0.2) is 58.5 Å². The molecule has 0 bridgehead atoms. The van der Waals surface area contributed by atoms with Gasteiger partial charge in [0, 0.05) is 18.4 Å². The molecule has 0 aliphatic rings.